The van der Waals surface area contributed by atoms with E-state index in [4.69, 9.17) is 58.0 Å². The van der Waals surface area contributed by atoms with Gasteiger partial charge in [-0.3, -0.25) is 9.59 Å². The van der Waals surface area contributed by atoms with Crippen molar-refractivity contribution in [2.24, 2.45) is 0 Å². The molecule has 4 atom stereocenters. The number of amides is 4. The van der Waals surface area contributed by atoms with Gasteiger partial charge in [0.2, 0.25) is 0 Å². The molecule has 72 heavy (non-hydrogen) atoms. The van der Waals surface area contributed by atoms with Gasteiger partial charge < -0.3 is 99.5 Å². The third kappa shape index (κ3) is 25.4. The molecule has 0 saturated carbocycles. The molecule has 6 heterocycles. The maximum atomic E-state index is 13.8. The molecule has 0 unspecified atom stereocenters. The van der Waals surface area contributed by atoms with Crippen molar-refractivity contribution in [2.75, 3.05) is 158 Å². The van der Waals surface area contributed by atoms with Crippen LogP contribution in [0.2, 0.25) is 0 Å². The van der Waals surface area contributed by atoms with Gasteiger partial charge in [0.15, 0.2) is 0 Å². The van der Waals surface area contributed by atoms with E-state index in [9.17, 15) is 19.2 Å². The molecule has 0 aromatic heterocycles. The number of hydrogen-bond donors (Lipinski definition) is 4. The second-order valence-corrected chi connectivity index (χ2v) is 21.4. The van der Waals surface area contributed by atoms with Crippen LogP contribution in [0, 0.1) is 0 Å². The number of hydrogen-bond acceptors (Lipinski definition) is 16. The molecular formula is C48H88N8Ni2O14. The van der Waals surface area contributed by atoms with Gasteiger partial charge in [0, 0.05) is 24.2 Å². The normalized spacial score (nSPS) is 32.2. The zero-order valence-corrected chi connectivity index (χ0v) is 47.1. The van der Waals surface area contributed by atoms with E-state index in [0.29, 0.717) is 26.4 Å². The summed E-state index contributed by atoms with van der Waals surface area (Å²) in [6.45, 7) is 26.4. The summed E-state index contributed by atoms with van der Waals surface area (Å²) < 4.78 is 59.0. The number of carbonyl (C=O) groups is 4. The van der Waals surface area contributed by atoms with Crippen molar-refractivity contribution in [3.05, 3.63) is 21.3 Å². The number of nitrogens with one attached hydrogen (secondary N) is 4. The van der Waals surface area contributed by atoms with Crippen LogP contribution in [-0.2, 0) is 99.5 Å². The third-order valence-electron chi connectivity index (χ3n) is 11.5. The molecule has 24 heteroatoms. The molecule has 0 aromatic carbocycles. The van der Waals surface area contributed by atoms with E-state index >= 15 is 0 Å². The smallest absolute Gasteiger partial charge is 0.658 e. The van der Waals surface area contributed by atoms with Gasteiger partial charge in [0.05, 0.1) is 118 Å². The zero-order chi connectivity index (χ0) is 52.0. The van der Waals surface area contributed by atoms with Gasteiger partial charge in [-0.15, -0.1) is 26.2 Å². The minimum absolute atomic E-state index is 0. The minimum atomic E-state index is -1.33. The van der Waals surface area contributed by atoms with Crippen LogP contribution in [0.15, 0.2) is 0 Å². The second kappa shape index (κ2) is 32.1. The Hall–Kier alpha value is -1.69. The Kier molecular flexibility index (Phi) is 30.5. The molecule has 6 aliphatic rings. The molecule has 6 aliphatic heterocycles. The summed E-state index contributed by atoms with van der Waals surface area (Å²) in [5.74, 6) is -1.54. The summed E-state index contributed by atoms with van der Waals surface area (Å²) in [6, 6.07) is 0. The molecule has 22 nitrogen and oxygen atoms in total. The van der Waals surface area contributed by atoms with Crippen molar-refractivity contribution in [1.29, 1.82) is 0 Å². The summed E-state index contributed by atoms with van der Waals surface area (Å²) in [6.07, 6.45) is 0. The maximum absolute atomic E-state index is 13.8. The van der Waals surface area contributed by atoms with Gasteiger partial charge in [-0.2, -0.15) is 0 Å². The van der Waals surface area contributed by atoms with Crippen LogP contribution in [0.25, 0.3) is 21.3 Å². The fourth-order valence-corrected chi connectivity index (χ4v) is 7.26. The van der Waals surface area contributed by atoms with Crippen molar-refractivity contribution in [2.45, 2.75) is 128 Å². The molecule has 6 fully saturated rings. The topological polar surface area (TPSA) is 265 Å². The molecule has 0 radical (unpaired) electrons. The standard InChI is InChI=1S/C48H90N8O14.2Ni/c1-41(2)29-49-33-46(10)38(58)54-42(3,4)30-50-34-45(9,37(57)53-41)67-25-21-63-17-13-61-15-19-65-23-27-69-47(11)35-51-31-44(7,8)56-40(60)48(12,36-52-32-43(5,6)55-39(47)59)70-28-24-66-20-16-62-14-18-64-22-26-68-46;;/h49-50H,13-36H2,1-12H3,(H4,53,54,55,56,57,58,59,60);;/q-2;2*+2/p-2/t45-,46-,47+,48+;;/m1../s1. The van der Waals surface area contributed by atoms with Gasteiger partial charge in [-0.25, -0.2) is 0 Å². The maximum Gasteiger partial charge on any atom is 2.00 e. The molecule has 4 bridgehead atoms. The Bertz CT molecular complexity index is 1400. The first-order valence-corrected chi connectivity index (χ1v) is 24.7. The summed E-state index contributed by atoms with van der Waals surface area (Å²) in [7, 11) is 0. The Labute approximate surface area is 449 Å². The number of carbonyl (C=O) groups excluding carboxylic acids is 4. The van der Waals surface area contributed by atoms with Crippen LogP contribution in [0.4, 0.5) is 0 Å². The van der Waals surface area contributed by atoms with Crippen molar-refractivity contribution in [3.63, 3.8) is 0 Å². The average molecular weight is 1120 g/mol. The largest absolute Gasteiger partial charge is 2.00 e. The predicted molar refractivity (Wildman–Crippen MR) is 264 cm³/mol. The van der Waals surface area contributed by atoms with Gasteiger partial charge in [0.25, 0.3) is 11.8 Å². The van der Waals surface area contributed by atoms with Crippen molar-refractivity contribution < 1.29 is 99.5 Å². The van der Waals surface area contributed by atoms with E-state index in [1.54, 1.807) is 27.7 Å². The fraction of sp³-hybridized carbons (Fsp3) is 0.917. The molecule has 4 amide bonds. The average Bonchev–Trinajstić information content (AvgIpc) is 3.25. The van der Waals surface area contributed by atoms with Gasteiger partial charge in [-0.1, -0.05) is 38.8 Å². The van der Waals surface area contributed by atoms with Gasteiger partial charge >= 0.3 is 33.0 Å². The minimum Gasteiger partial charge on any atom is -0.658 e. The van der Waals surface area contributed by atoms with Crippen LogP contribution < -0.4 is 21.3 Å². The van der Waals surface area contributed by atoms with Gasteiger partial charge in [-0.05, 0) is 68.5 Å². The third-order valence-corrected chi connectivity index (χ3v) is 11.5. The van der Waals surface area contributed by atoms with E-state index in [0.717, 1.165) is 0 Å². The molecule has 4 N–H and O–H groups in total. The van der Waals surface area contributed by atoms with Crippen LogP contribution >= 0.6 is 0 Å². The van der Waals surface area contributed by atoms with Crippen LogP contribution in [0.3, 0.4) is 0 Å². The Balaban J connectivity index is 0.0000130. The van der Waals surface area contributed by atoms with E-state index in [1.807, 2.05) is 55.4 Å². The molecule has 424 valence electrons. The first-order valence-electron chi connectivity index (χ1n) is 24.7. The Morgan fingerprint density at radius 1 is 0.347 bits per heavy atom. The molecule has 0 aromatic rings. The van der Waals surface area contributed by atoms with E-state index in [-0.39, 0.29) is 176 Å². The zero-order valence-electron chi connectivity index (χ0n) is 45.1. The van der Waals surface area contributed by atoms with Gasteiger partial charge in [0.1, 0.15) is 22.4 Å². The summed E-state index contributed by atoms with van der Waals surface area (Å²) >= 11 is 0. The van der Waals surface area contributed by atoms with Crippen LogP contribution in [0.5, 0.6) is 0 Å². The SMILES string of the molecule is CC1(C)CNC[C@@]2(C)OCCOCCOCCOCCO[C@@]3(C)C[N-]CC(C)(C)NC(=O)[C@](C)(C[N-]CC(C)(C)NC3=O)OCCOCCOCCOCCO[C@](C)(CNCC(C)(C)[N-]C2=O)C(=O)[N-]1.[Ni+2].[Ni+2]. The van der Waals surface area contributed by atoms with Crippen molar-refractivity contribution in [1.82, 2.24) is 21.3 Å². The molecule has 0 spiro atoms. The number of nitrogens with zero attached hydrogens (tertiary/aromatic N) is 4. The molecular weight excluding hydrogens is 1030 g/mol. The quantitative estimate of drug-likeness (QED) is 0.254. The fourth-order valence-electron chi connectivity index (χ4n) is 7.26. The molecule has 6 saturated heterocycles. The van der Waals surface area contributed by atoms with Crippen molar-refractivity contribution >= 4 is 23.6 Å². The number of rotatable bonds is 0. The summed E-state index contributed by atoms with van der Waals surface area (Å²) in [5, 5.41) is 31.2. The van der Waals surface area contributed by atoms with Crippen LogP contribution in [-0.4, -0.2) is 226 Å². The Morgan fingerprint density at radius 2 is 0.597 bits per heavy atom. The summed E-state index contributed by atoms with van der Waals surface area (Å²) in [5.41, 5.74) is -8.58. The second-order valence-electron chi connectivity index (χ2n) is 21.4. The monoisotopic (exact) mass is 1120 g/mol. The van der Waals surface area contributed by atoms with Crippen LogP contribution in [0.1, 0.15) is 83.1 Å². The molecule has 0 aliphatic carbocycles. The molecule has 6 rings (SSSR count). The van der Waals surface area contributed by atoms with E-state index in [1.165, 1.54) is 0 Å². The van der Waals surface area contributed by atoms with Crippen molar-refractivity contribution in [3.8, 4) is 0 Å². The van der Waals surface area contributed by atoms with E-state index in [2.05, 4.69) is 31.9 Å². The summed E-state index contributed by atoms with van der Waals surface area (Å²) in [4.78, 5) is 55.2. The number of ether oxygens (including phenoxy) is 10. The Morgan fingerprint density at radius 3 is 0.875 bits per heavy atom. The first kappa shape index (κ1) is 68.3. The first-order chi connectivity index (χ1) is 32.8. The van der Waals surface area contributed by atoms with E-state index < -0.39 is 56.4 Å². The predicted octanol–water partition coefficient (Wildman–Crippen LogP) is 2.30.